The van der Waals surface area contributed by atoms with Crippen molar-refractivity contribution < 1.29 is 19.1 Å². The molecule has 1 spiro atoms. The predicted molar refractivity (Wildman–Crippen MR) is 149 cm³/mol. The van der Waals surface area contributed by atoms with Crippen LogP contribution in [0.4, 0.5) is 10.5 Å². The van der Waals surface area contributed by atoms with Gasteiger partial charge in [-0.2, -0.15) is 0 Å². The molecule has 2 heterocycles. The first-order chi connectivity index (χ1) is 17.7. The Bertz CT molecular complexity index is 1010. The number of benzene rings is 1. The van der Waals surface area contributed by atoms with E-state index in [9.17, 15) is 9.59 Å². The molecule has 7 nitrogen and oxygen atoms in total. The number of amides is 2. The smallest absolute Gasteiger partial charge is 0.409 e. The van der Waals surface area contributed by atoms with E-state index >= 15 is 0 Å². The van der Waals surface area contributed by atoms with Gasteiger partial charge in [0, 0.05) is 43.9 Å². The van der Waals surface area contributed by atoms with Crippen LogP contribution < -0.4 is 4.90 Å². The highest BCUT2D eigenvalue weighted by atomic mass is 16.6. The number of rotatable bonds is 8. The highest BCUT2D eigenvalue weighted by molar-refractivity contribution is 6.12. The third-order valence-electron chi connectivity index (χ3n) is 7.36. The van der Waals surface area contributed by atoms with Crippen LogP contribution in [0.5, 0.6) is 0 Å². The fourth-order valence-electron chi connectivity index (χ4n) is 5.33. The number of aliphatic imine (C=N–C) groups is 1. The number of allylic oxidation sites excluding steroid dienone is 2. The SMILES string of the molecule is CCOC(=O)N1CC2(C1)C(=O)N(CC(C)=NC1=C(C)CCCC1)c1ccccc12.COCCCC(C)C. The summed E-state index contributed by atoms with van der Waals surface area (Å²) in [6.07, 6.45) is 6.70. The van der Waals surface area contributed by atoms with E-state index in [4.69, 9.17) is 14.5 Å². The normalized spacial score (nSPS) is 18.6. The second-order valence-electron chi connectivity index (χ2n) is 10.9. The summed E-state index contributed by atoms with van der Waals surface area (Å²) in [5.41, 5.74) is 4.79. The van der Waals surface area contributed by atoms with Gasteiger partial charge in [0.2, 0.25) is 5.91 Å². The second-order valence-corrected chi connectivity index (χ2v) is 10.9. The van der Waals surface area contributed by atoms with Gasteiger partial charge in [-0.05, 0) is 76.8 Å². The van der Waals surface area contributed by atoms with E-state index in [2.05, 4.69) is 20.8 Å². The molecule has 1 aliphatic carbocycles. The molecule has 0 atom stereocenters. The van der Waals surface area contributed by atoms with Crippen molar-refractivity contribution in [2.75, 3.05) is 44.9 Å². The number of anilines is 1. The molecule has 0 bridgehead atoms. The van der Waals surface area contributed by atoms with Gasteiger partial charge < -0.3 is 19.3 Å². The Morgan fingerprint density at radius 3 is 2.51 bits per heavy atom. The summed E-state index contributed by atoms with van der Waals surface area (Å²) in [7, 11) is 1.75. The number of carbonyl (C=O) groups is 2. The number of ether oxygens (including phenoxy) is 2. The average Bonchev–Trinajstić information content (AvgIpc) is 3.08. The molecular formula is C30H45N3O4. The molecule has 1 saturated heterocycles. The fourth-order valence-corrected chi connectivity index (χ4v) is 5.33. The van der Waals surface area contributed by atoms with Crippen molar-refractivity contribution in [3.05, 3.63) is 41.1 Å². The summed E-state index contributed by atoms with van der Waals surface area (Å²) in [5, 5.41) is 0. The van der Waals surface area contributed by atoms with Crippen LogP contribution in [0.15, 0.2) is 40.5 Å². The van der Waals surface area contributed by atoms with Crippen LogP contribution in [0.25, 0.3) is 0 Å². The van der Waals surface area contributed by atoms with E-state index in [1.54, 1.807) is 18.9 Å². The maximum Gasteiger partial charge on any atom is 0.409 e. The van der Waals surface area contributed by atoms with E-state index in [-0.39, 0.29) is 12.0 Å². The lowest BCUT2D eigenvalue weighted by atomic mass is 9.75. The summed E-state index contributed by atoms with van der Waals surface area (Å²) in [6.45, 7) is 12.9. The maximum atomic E-state index is 13.5. The van der Waals surface area contributed by atoms with Gasteiger partial charge in [0.1, 0.15) is 5.41 Å². The minimum atomic E-state index is -0.649. The summed E-state index contributed by atoms with van der Waals surface area (Å²) >= 11 is 0. The second kappa shape index (κ2) is 13.2. The Morgan fingerprint density at radius 1 is 1.16 bits per heavy atom. The van der Waals surface area contributed by atoms with Gasteiger partial charge in [0.05, 0.1) is 13.2 Å². The molecule has 1 aromatic rings. The molecule has 0 unspecified atom stereocenters. The van der Waals surface area contributed by atoms with E-state index < -0.39 is 5.41 Å². The zero-order valence-electron chi connectivity index (χ0n) is 23.6. The molecule has 4 rings (SSSR count). The highest BCUT2D eigenvalue weighted by Crippen LogP contribution is 2.47. The van der Waals surface area contributed by atoms with Gasteiger partial charge >= 0.3 is 6.09 Å². The molecule has 204 valence electrons. The van der Waals surface area contributed by atoms with Gasteiger partial charge in [-0.15, -0.1) is 0 Å². The van der Waals surface area contributed by atoms with Crippen LogP contribution in [0.2, 0.25) is 0 Å². The Hall–Kier alpha value is -2.67. The first-order valence-electron chi connectivity index (χ1n) is 13.8. The lowest BCUT2D eigenvalue weighted by Crippen LogP contribution is -2.65. The third-order valence-corrected chi connectivity index (χ3v) is 7.36. The molecule has 0 radical (unpaired) electrons. The molecule has 0 aromatic heterocycles. The Kier molecular flexibility index (Phi) is 10.3. The summed E-state index contributed by atoms with van der Waals surface area (Å²) in [5.74, 6) is 0.883. The number of hydrogen-bond donors (Lipinski definition) is 0. The lowest BCUT2D eigenvalue weighted by molar-refractivity contribution is -0.128. The van der Waals surface area contributed by atoms with Gasteiger partial charge in [0.25, 0.3) is 0 Å². The number of carbonyl (C=O) groups excluding carboxylic acids is 2. The summed E-state index contributed by atoms with van der Waals surface area (Å²) in [4.78, 5) is 33.8. The monoisotopic (exact) mass is 511 g/mol. The molecule has 0 N–H and O–H groups in total. The topological polar surface area (TPSA) is 71.4 Å². The molecule has 1 fully saturated rings. The van der Waals surface area contributed by atoms with Crippen LogP contribution in [0.1, 0.15) is 78.7 Å². The van der Waals surface area contributed by atoms with Crippen LogP contribution >= 0.6 is 0 Å². The first kappa shape index (κ1) is 28.9. The number of para-hydroxylation sites is 1. The molecule has 37 heavy (non-hydrogen) atoms. The fraction of sp³-hybridized carbons (Fsp3) is 0.633. The predicted octanol–water partition coefficient (Wildman–Crippen LogP) is 6.12. The number of methoxy groups -OCH3 is 1. The molecule has 3 aliphatic rings. The summed E-state index contributed by atoms with van der Waals surface area (Å²) in [6, 6.07) is 7.92. The molecule has 2 aliphatic heterocycles. The van der Waals surface area contributed by atoms with E-state index in [0.29, 0.717) is 26.2 Å². The standard InChI is InChI=1S/C23H29N3O3.C7H16O/c1-4-29-22(28)25-14-23(15-25)18-10-6-8-12-20(18)26(21(23)27)13-17(3)24-19-11-7-5-9-16(19)2;1-7(2)5-4-6-8-3/h6,8,10,12H,4-5,7,9,11,13-15H2,1-3H3;7H,4-6H2,1-3H3. The molecule has 1 aromatic carbocycles. The minimum absolute atomic E-state index is 0.0585. The van der Waals surface area contributed by atoms with Crippen LogP contribution in [0.3, 0.4) is 0 Å². The van der Waals surface area contributed by atoms with E-state index in [0.717, 1.165) is 42.3 Å². The zero-order valence-corrected chi connectivity index (χ0v) is 23.6. The average molecular weight is 512 g/mol. The third kappa shape index (κ3) is 6.81. The largest absolute Gasteiger partial charge is 0.450 e. The van der Waals surface area contributed by atoms with Gasteiger partial charge in [0.15, 0.2) is 0 Å². The van der Waals surface area contributed by atoms with Crippen molar-refractivity contribution in [3.63, 3.8) is 0 Å². The van der Waals surface area contributed by atoms with E-state index in [1.165, 1.54) is 37.0 Å². The van der Waals surface area contributed by atoms with Gasteiger partial charge in [-0.1, -0.05) is 37.6 Å². The van der Waals surface area contributed by atoms with Crippen molar-refractivity contribution >= 4 is 23.4 Å². The van der Waals surface area contributed by atoms with Gasteiger partial charge in [-0.3, -0.25) is 9.79 Å². The summed E-state index contributed by atoms with van der Waals surface area (Å²) < 4.78 is 9.99. The Labute approximate surface area is 222 Å². The lowest BCUT2D eigenvalue weighted by Gasteiger charge is -2.45. The van der Waals surface area contributed by atoms with Crippen molar-refractivity contribution in [2.45, 2.75) is 78.6 Å². The van der Waals surface area contributed by atoms with Crippen LogP contribution in [-0.4, -0.2) is 62.6 Å². The molecule has 2 amide bonds. The molecular weight excluding hydrogens is 466 g/mol. The van der Waals surface area contributed by atoms with Crippen LogP contribution in [-0.2, 0) is 19.7 Å². The highest BCUT2D eigenvalue weighted by Gasteiger charge is 2.59. The number of hydrogen-bond acceptors (Lipinski definition) is 5. The minimum Gasteiger partial charge on any atom is -0.450 e. The number of likely N-dealkylation sites (tertiary alicyclic amines) is 1. The molecule has 7 heteroatoms. The maximum absolute atomic E-state index is 13.5. The van der Waals surface area contributed by atoms with Crippen molar-refractivity contribution in [3.8, 4) is 0 Å². The van der Waals surface area contributed by atoms with Crippen molar-refractivity contribution in [1.29, 1.82) is 0 Å². The zero-order chi connectivity index (χ0) is 27.0. The van der Waals surface area contributed by atoms with Gasteiger partial charge in [-0.25, -0.2) is 4.79 Å². The van der Waals surface area contributed by atoms with Crippen molar-refractivity contribution in [1.82, 2.24) is 4.90 Å². The quantitative estimate of drug-likeness (QED) is 0.311. The number of nitrogens with zero attached hydrogens (tertiary/aromatic N) is 3. The first-order valence-corrected chi connectivity index (χ1v) is 13.8. The van der Waals surface area contributed by atoms with E-state index in [1.807, 2.05) is 36.1 Å². The number of fused-ring (bicyclic) bond motifs is 2. The Balaban J connectivity index is 0.000000414. The van der Waals surface area contributed by atoms with Crippen LogP contribution in [0, 0.1) is 5.92 Å². The Morgan fingerprint density at radius 2 is 1.86 bits per heavy atom. The van der Waals surface area contributed by atoms with Crippen molar-refractivity contribution in [2.24, 2.45) is 10.9 Å². The molecule has 0 saturated carbocycles.